The fourth-order valence-corrected chi connectivity index (χ4v) is 2.39. The minimum Gasteiger partial charge on any atom is -0.354 e. The molecule has 0 amide bonds. The smallest absolute Gasteiger partial charge is 0.223 e. The van der Waals surface area contributed by atoms with Crippen molar-refractivity contribution in [3.8, 4) is 0 Å². The van der Waals surface area contributed by atoms with E-state index < -0.39 is 11.6 Å². The second kappa shape index (κ2) is 5.97. The second-order valence-corrected chi connectivity index (χ2v) is 4.97. The van der Waals surface area contributed by atoms with Crippen LogP contribution < -0.4 is 5.32 Å². The zero-order valence-electron chi connectivity index (χ0n) is 10.6. The van der Waals surface area contributed by atoms with Crippen LogP contribution >= 0.6 is 11.8 Å². The Balaban J connectivity index is 2.24. The molecule has 1 heterocycles. The zero-order chi connectivity index (χ0) is 13.8. The standard InChI is InChI=1S/C13H13F2N3S/c1-3-16-13-17-8(2)6-12(18-13)19-9-4-5-10(14)11(15)7-9/h4-7H,3H2,1-2H3,(H,16,17,18). The molecule has 0 aliphatic carbocycles. The third-order valence-corrected chi connectivity index (χ3v) is 3.19. The van der Waals surface area contributed by atoms with Crippen molar-refractivity contribution in [2.75, 3.05) is 11.9 Å². The Hall–Kier alpha value is -1.69. The third kappa shape index (κ3) is 3.64. The molecule has 3 nitrogen and oxygen atoms in total. The molecule has 2 rings (SSSR count). The summed E-state index contributed by atoms with van der Waals surface area (Å²) in [5, 5.41) is 3.71. The summed E-state index contributed by atoms with van der Waals surface area (Å²) in [6.07, 6.45) is 0. The van der Waals surface area contributed by atoms with E-state index in [0.717, 1.165) is 24.4 Å². The van der Waals surface area contributed by atoms with E-state index in [1.165, 1.54) is 17.8 Å². The predicted molar refractivity (Wildman–Crippen MR) is 71.4 cm³/mol. The minimum absolute atomic E-state index is 0.535. The molecule has 100 valence electrons. The van der Waals surface area contributed by atoms with Crippen molar-refractivity contribution < 1.29 is 8.78 Å². The lowest BCUT2D eigenvalue weighted by Gasteiger charge is -2.06. The topological polar surface area (TPSA) is 37.8 Å². The summed E-state index contributed by atoms with van der Waals surface area (Å²) in [5.41, 5.74) is 0.816. The van der Waals surface area contributed by atoms with Gasteiger partial charge in [-0.1, -0.05) is 11.8 Å². The molecule has 1 aromatic heterocycles. The molecule has 0 radical (unpaired) electrons. The van der Waals surface area contributed by atoms with Crippen molar-refractivity contribution in [2.45, 2.75) is 23.8 Å². The average molecular weight is 281 g/mol. The number of halogens is 2. The Kier molecular flexibility index (Phi) is 4.31. The highest BCUT2D eigenvalue weighted by Crippen LogP contribution is 2.28. The lowest BCUT2D eigenvalue weighted by Crippen LogP contribution is -2.03. The fraction of sp³-hybridized carbons (Fsp3) is 0.231. The van der Waals surface area contributed by atoms with Crippen LogP contribution in [-0.2, 0) is 0 Å². The zero-order valence-corrected chi connectivity index (χ0v) is 11.4. The molecule has 2 aromatic rings. The van der Waals surface area contributed by atoms with Crippen LogP contribution in [0.25, 0.3) is 0 Å². The van der Waals surface area contributed by atoms with Crippen LogP contribution in [0.4, 0.5) is 14.7 Å². The van der Waals surface area contributed by atoms with Gasteiger partial charge in [0, 0.05) is 17.1 Å². The Labute approximate surface area is 114 Å². The lowest BCUT2D eigenvalue weighted by atomic mass is 10.3. The van der Waals surface area contributed by atoms with Gasteiger partial charge in [-0.2, -0.15) is 0 Å². The largest absolute Gasteiger partial charge is 0.354 e. The number of rotatable bonds is 4. The Morgan fingerprint density at radius 2 is 1.95 bits per heavy atom. The van der Waals surface area contributed by atoms with Gasteiger partial charge in [0.05, 0.1) is 0 Å². The maximum absolute atomic E-state index is 13.1. The van der Waals surface area contributed by atoms with E-state index in [1.807, 2.05) is 13.8 Å². The minimum atomic E-state index is -0.859. The number of nitrogens with zero attached hydrogens (tertiary/aromatic N) is 2. The number of anilines is 1. The first kappa shape index (κ1) is 13.7. The molecule has 0 bridgehead atoms. The third-order valence-electron chi connectivity index (χ3n) is 2.28. The van der Waals surface area contributed by atoms with Gasteiger partial charge in [-0.15, -0.1) is 0 Å². The number of hydrogen-bond donors (Lipinski definition) is 1. The van der Waals surface area contributed by atoms with Crippen molar-refractivity contribution in [3.63, 3.8) is 0 Å². The van der Waals surface area contributed by atoms with Crippen LogP contribution in [0.3, 0.4) is 0 Å². The van der Waals surface area contributed by atoms with Gasteiger partial charge in [-0.25, -0.2) is 18.7 Å². The van der Waals surface area contributed by atoms with Crippen LogP contribution in [0.5, 0.6) is 0 Å². The van der Waals surface area contributed by atoms with Gasteiger partial charge in [0.15, 0.2) is 11.6 Å². The first-order valence-corrected chi connectivity index (χ1v) is 6.62. The van der Waals surface area contributed by atoms with E-state index in [-0.39, 0.29) is 0 Å². The van der Waals surface area contributed by atoms with Gasteiger partial charge >= 0.3 is 0 Å². The highest BCUT2D eigenvalue weighted by Gasteiger charge is 2.07. The highest BCUT2D eigenvalue weighted by atomic mass is 32.2. The van der Waals surface area contributed by atoms with E-state index in [4.69, 9.17) is 0 Å². The van der Waals surface area contributed by atoms with Gasteiger partial charge in [0.1, 0.15) is 5.03 Å². The average Bonchev–Trinajstić information content (AvgIpc) is 2.33. The molecule has 0 aliphatic rings. The van der Waals surface area contributed by atoms with Gasteiger partial charge in [0.25, 0.3) is 0 Å². The quantitative estimate of drug-likeness (QED) is 0.868. The molecule has 0 aliphatic heterocycles. The molecule has 0 fully saturated rings. The van der Waals surface area contributed by atoms with Gasteiger partial charge in [0.2, 0.25) is 5.95 Å². The Morgan fingerprint density at radius 3 is 2.63 bits per heavy atom. The van der Waals surface area contributed by atoms with Gasteiger partial charge in [-0.3, -0.25) is 0 Å². The molecular formula is C13H13F2N3S. The lowest BCUT2D eigenvalue weighted by molar-refractivity contribution is 0.506. The number of aromatic nitrogens is 2. The SMILES string of the molecule is CCNc1nc(C)cc(Sc2ccc(F)c(F)c2)n1. The molecule has 0 saturated carbocycles. The number of nitrogens with one attached hydrogen (secondary N) is 1. The van der Waals surface area contributed by atoms with Crippen molar-refractivity contribution >= 4 is 17.7 Å². The second-order valence-electron chi connectivity index (χ2n) is 3.88. The van der Waals surface area contributed by atoms with Crippen molar-refractivity contribution in [2.24, 2.45) is 0 Å². The van der Waals surface area contributed by atoms with E-state index in [2.05, 4.69) is 15.3 Å². The summed E-state index contributed by atoms with van der Waals surface area (Å²) < 4.78 is 26.0. The summed E-state index contributed by atoms with van der Waals surface area (Å²) in [6, 6.07) is 5.58. The molecule has 0 spiro atoms. The van der Waals surface area contributed by atoms with Crippen LogP contribution in [0.1, 0.15) is 12.6 Å². The normalized spacial score (nSPS) is 10.5. The summed E-state index contributed by atoms with van der Waals surface area (Å²) in [5.74, 6) is -1.17. The van der Waals surface area contributed by atoms with E-state index >= 15 is 0 Å². The van der Waals surface area contributed by atoms with Crippen LogP contribution in [0, 0.1) is 18.6 Å². The summed E-state index contributed by atoms with van der Waals surface area (Å²) in [7, 11) is 0. The fourth-order valence-electron chi connectivity index (χ4n) is 1.49. The summed E-state index contributed by atoms with van der Waals surface area (Å²) in [4.78, 5) is 9.12. The maximum Gasteiger partial charge on any atom is 0.223 e. The highest BCUT2D eigenvalue weighted by molar-refractivity contribution is 7.99. The predicted octanol–water partition coefficient (Wildman–Crippen LogP) is 3.65. The molecule has 19 heavy (non-hydrogen) atoms. The number of aryl methyl sites for hydroxylation is 1. The van der Waals surface area contributed by atoms with Crippen LogP contribution in [0.2, 0.25) is 0 Å². The molecule has 1 aromatic carbocycles. The van der Waals surface area contributed by atoms with Crippen LogP contribution in [0.15, 0.2) is 34.2 Å². The molecule has 1 N–H and O–H groups in total. The van der Waals surface area contributed by atoms with Gasteiger partial charge in [-0.05, 0) is 38.1 Å². The van der Waals surface area contributed by atoms with E-state index in [1.54, 1.807) is 6.07 Å². The molecule has 0 atom stereocenters. The molecule has 0 saturated heterocycles. The maximum atomic E-state index is 13.1. The van der Waals surface area contributed by atoms with Crippen molar-refractivity contribution in [1.29, 1.82) is 0 Å². The number of benzene rings is 1. The van der Waals surface area contributed by atoms with Gasteiger partial charge < -0.3 is 5.32 Å². The van der Waals surface area contributed by atoms with Crippen molar-refractivity contribution in [1.82, 2.24) is 9.97 Å². The van der Waals surface area contributed by atoms with E-state index in [9.17, 15) is 8.78 Å². The van der Waals surface area contributed by atoms with Crippen molar-refractivity contribution in [3.05, 3.63) is 41.6 Å². The summed E-state index contributed by atoms with van der Waals surface area (Å²) in [6.45, 7) is 4.53. The molecular weight excluding hydrogens is 268 g/mol. The van der Waals surface area contributed by atoms with Crippen LogP contribution in [-0.4, -0.2) is 16.5 Å². The Morgan fingerprint density at radius 1 is 1.16 bits per heavy atom. The molecule has 6 heteroatoms. The Bertz CT molecular complexity index is 590. The monoisotopic (exact) mass is 281 g/mol. The first-order valence-electron chi connectivity index (χ1n) is 5.81. The molecule has 0 unspecified atom stereocenters. The van der Waals surface area contributed by atoms with E-state index in [0.29, 0.717) is 15.9 Å². The first-order chi connectivity index (χ1) is 9.08. The number of hydrogen-bond acceptors (Lipinski definition) is 4. The summed E-state index contributed by atoms with van der Waals surface area (Å²) >= 11 is 1.27.